The van der Waals surface area contributed by atoms with Gasteiger partial charge >= 0.3 is 11.9 Å². The number of aryl methyl sites for hydroxylation is 2. The van der Waals surface area contributed by atoms with Gasteiger partial charge in [0.15, 0.2) is 5.69 Å². The molecule has 1 heterocycles. The van der Waals surface area contributed by atoms with Gasteiger partial charge in [0.25, 0.3) is 0 Å². The molecule has 0 N–H and O–H groups in total. The smallest absolute Gasteiger partial charge is 0.258 e. The van der Waals surface area contributed by atoms with Gasteiger partial charge < -0.3 is 0 Å². The van der Waals surface area contributed by atoms with Crippen molar-refractivity contribution in [2.45, 2.75) is 20.0 Å². The molecule has 0 atom stereocenters. The van der Waals surface area contributed by atoms with Crippen LogP contribution >= 0.6 is 0 Å². The van der Waals surface area contributed by atoms with Crippen LogP contribution in [0.5, 0.6) is 0 Å². The van der Waals surface area contributed by atoms with Crippen LogP contribution in [-0.2, 0) is 6.18 Å². The first-order chi connectivity index (χ1) is 9.70. The molecule has 2 rings (SSSR count). The lowest BCUT2D eigenvalue weighted by molar-refractivity contribution is -0.385. The maximum atomic E-state index is 12.7. The van der Waals surface area contributed by atoms with Crippen LogP contribution in [0.4, 0.5) is 18.9 Å². The van der Waals surface area contributed by atoms with Crippen LogP contribution in [-0.4, -0.2) is 14.9 Å². The second-order valence-electron chi connectivity index (χ2n) is 4.39. The van der Waals surface area contributed by atoms with Crippen molar-refractivity contribution in [3.8, 4) is 11.3 Å². The lowest BCUT2D eigenvalue weighted by Gasteiger charge is -2.09. The van der Waals surface area contributed by atoms with Gasteiger partial charge in [-0.3, -0.25) is 10.1 Å². The summed E-state index contributed by atoms with van der Waals surface area (Å²) in [5.74, 6) is 0.255. The zero-order valence-electron chi connectivity index (χ0n) is 11.1. The molecule has 2 aromatic rings. The fraction of sp³-hybridized carbons (Fsp3) is 0.231. The highest BCUT2D eigenvalue weighted by atomic mass is 19.4. The molecule has 0 saturated carbocycles. The minimum absolute atomic E-state index is 0.0325. The Morgan fingerprint density at radius 2 is 1.86 bits per heavy atom. The predicted octanol–water partition coefficient (Wildman–Crippen LogP) is 3.69. The quantitative estimate of drug-likeness (QED) is 0.626. The molecule has 5 nitrogen and oxygen atoms in total. The third kappa shape index (κ3) is 2.99. The van der Waals surface area contributed by atoms with Crippen molar-refractivity contribution in [2.24, 2.45) is 0 Å². The minimum Gasteiger partial charge on any atom is -0.258 e. The van der Waals surface area contributed by atoms with Crippen LogP contribution in [0.15, 0.2) is 24.3 Å². The molecule has 110 valence electrons. The Kier molecular flexibility index (Phi) is 3.63. The first-order valence-electron chi connectivity index (χ1n) is 5.87. The van der Waals surface area contributed by atoms with Crippen molar-refractivity contribution in [2.75, 3.05) is 0 Å². The summed E-state index contributed by atoms with van der Waals surface area (Å²) < 4.78 is 38.2. The molecule has 0 unspecified atom stereocenters. The van der Waals surface area contributed by atoms with E-state index < -0.39 is 16.7 Å². The summed E-state index contributed by atoms with van der Waals surface area (Å²) in [6.07, 6.45) is -4.53. The summed E-state index contributed by atoms with van der Waals surface area (Å²) in [6.45, 7) is 2.94. The van der Waals surface area contributed by atoms with Crippen LogP contribution in [0.2, 0.25) is 0 Å². The normalized spacial score (nSPS) is 11.5. The third-order valence-electron chi connectivity index (χ3n) is 2.82. The molecule has 0 aliphatic carbocycles. The van der Waals surface area contributed by atoms with Gasteiger partial charge in [0.05, 0.1) is 10.5 Å². The van der Waals surface area contributed by atoms with Crippen molar-refractivity contribution in [1.29, 1.82) is 0 Å². The molecular formula is C13H10F3N3O2. The Morgan fingerprint density at radius 1 is 1.19 bits per heavy atom. The Morgan fingerprint density at radius 3 is 2.43 bits per heavy atom. The van der Waals surface area contributed by atoms with E-state index in [0.29, 0.717) is 0 Å². The second-order valence-corrected chi connectivity index (χ2v) is 4.39. The van der Waals surface area contributed by atoms with E-state index in [0.717, 1.165) is 12.1 Å². The first kappa shape index (κ1) is 14.9. The van der Waals surface area contributed by atoms with Gasteiger partial charge in [-0.05, 0) is 26.0 Å². The molecular weight excluding hydrogens is 287 g/mol. The lowest BCUT2D eigenvalue weighted by atomic mass is 10.1. The average molecular weight is 297 g/mol. The van der Waals surface area contributed by atoms with E-state index in [-0.39, 0.29) is 28.5 Å². The number of aromatic nitrogens is 2. The summed E-state index contributed by atoms with van der Waals surface area (Å²) in [5.41, 5.74) is -1.25. The number of rotatable bonds is 2. The standard InChI is InChI=1S/C13H10F3N3O2/c1-7-12(19(20)21)11(18-8(2)17-7)9-4-3-5-10(6-9)13(14,15)16/h3-6H,1-2H3. The number of nitro groups is 1. The molecule has 21 heavy (non-hydrogen) atoms. The van der Waals surface area contributed by atoms with E-state index in [2.05, 4.69) is 9.97 Å². The van der Waals surface area contributed by atoms with Gasteiger partial charge in [-0.2, -0.15) is 13.2 Å². The second kappa shape index (κ2) is 5.12. The van der Waals surface area contributed by atoms with Crippen molar-refractivity contribution < 1.29 is 18.1 Å². The van der Waals surface area contributed by atoms with E-state index in [1.807, 2.05) is 0 Å². The van der Waals surface area contributed by atoms with Gasteiger partial charge in [-0.25, -0.2) is 9.97 Å². The van der Waals surface area contributed by atoms with Gasteiger partial charge in [-0.1, -0.05) is 12.1 Å². The Hall–Kier alpha value is -2.51. The highest BCUT2D eigenvalue weighted by Gasteiger charge is 2.31. The molecule has 0 spiro atoms. The van der Waals surface area contributed by atoms with Crippen molar-refractivity contribution in [3.05, 3.63) is 51.5 Å². The molecule has 8 heteroatoms. The van der Waals surface area contributed by atoms with E-state index >= 15 is 0 Å². The van der Waals surface area contributed by atoms with Gasteiger partial charge in [0.1, 0.15) is 11.5 Å². The number of alkyl halides is 3. The monoisotopic (exact) mass is 297 g/mol. The van der Waals surface area contributed by atoms with E-state index in [1.165, 1.54) is 26.0 Å². The lowest BCUT2D eigenvalue weighted by Crippen LogP contribution is -2.06. The fourth-order valence-corrected chi connectivity index (χ4v) is 1.97. The summed E-state index contributed by atoms with van der Waals surface area (Å²) in [5, 5.41) is 11.1. The van der Waals surface area contributed by atoms with Crippen LogP contribution < -0.4 is 0 Å². The van der Waals surface area contributed by atoms with Gasteiger partial charge in [-0.15, -0.1) is 0 Å². The highest BCUT2D eigenvalue weighted by Crippen LogP contribution is 2.35. The molecule has 0 fully saturated rings. The summed E-state index contributed by atoms with van der Waals surface area (Å²) >= 11 is 0. The van der Waals surface area contributed by atoms with E-state index in [1.54, 1.807) is 0 Å². The molecule has 0 saturated heterocycles. The first-order valence-corrected chi connectivity index (χ1v) is 5.87. The van der Waals surface area contributed by atoms with Crippen molar-refractivity contribution >= 4 is 5.69 Å². The zero-order valence-corrected chi connectivity index (χ0v) is 11.1. The summed E-state index contributed by atoms with van der Waals surface area (Å²) in [7, 11) is 0. The summed E-state index contributed by atoms with van der Waals surface area (Å²) in [4.78, 5) is 18.2. The number of hydrogen-bond donors (Lipinski definition) is 0. The van der Waals surface area contributed by atoms with Crippen molar-refractivity contribution in [1.82, 2.24) is 9.97 Å². The third-order valence-corrected chi connectivity index (χ3v) is 2.82. The number of nitrogens with zero attached hydrogens (tertiary/aromatic N) is 3. The van der Waals surface area contributed by atoms with Crippen LogP contribution in [0.3, 0.4) is 0 Å². The Bertz CT molecular complexity index is 714. The minimum atomic E-state index is -4.53. The maximum Gasteiger partial charge on any atom is 0.416 e. The zero-order chi connectivity index (χ0) is 15.8. The fourth-order valence-electron chi connectivity index (χ4n) is 1.97. The maximum absolute atomic E-state index is 12.7. The van der Waals surface area contributed by atoms with Gasteiger partial charge in [0.2, 0.25) is 0 Å². The van der Waals surface area contributed by atoms with Gasteiger partial charge in [0, 0.05) is 5.56 Å². The Labute approximate surface area is 117 Å². The SMILES string of the molecule is Cc1nc(C)c([N+](=O)[O-])c(-c2cccc(C(F)(F)F)c2)n1. The molecule has 1 aromatic carbocycles. The van der Waals surface area contributed by atoms with Crippen molar-refractivity contribution in [3.63, 3.8) is 0 Å². The topological polar surface area (TPSA) is 68.9 Å². The predicted molar refractivity (Wildman–Crippen MR) is 68.6 cm³/mol. The average Bonchev–Trinajstić information content (AvgIpc) is 2.36. The summed E-state index contributed by atoms with van der Waals surface area (Å²) in [6, 6.07) is 4.28. The van der Waals surface area contributed by atoms with Crippen LogP contribution in [0.1, 0.15) is 17.1 Å². The highest BCUT2D eigenvalue weighted by molar-refractivity contribution is 5.71. The Balaban J connectivity index is 2.70. The largest absolute Gasteiger partial charge is 0.416 e. The molecule has 0 bridgehead atoms. The molecule has 1 aromatic heterocycles. The van der Waals surface area contributed by atoms with E-state index in [9.17, 15) is 23.3 Å². The molecule has 0 aliphatic heterocycles. The number of benzene rings is 1. The van der Waals surface area contributed by atoms with E-state index in [4.69, 9.17) is 0 Å². The number of hydrogen-bond acceptors (Lipinski definition) is 4. The van der Waals surface area contributed by atoms with Crippen LogP contribution in [0.25, 0.3) is 11.3 Å². The number of halogens is 3. The molecule has 0 amide bonds. The molecule has 0 radical (unpaired) electrons. The molecule has 0 aliphatic rings. The van der Waals surface area contributed by atoms with Crippen LogP contribution in [0, 0.1) is 24.0 Å².